The van der Waals surface area contributed by atoms with Crippen molar-refractivity contribution in [1.29, 1.82) is 0 Å². The van der Waals surface area contributed by atoms with Gasteiger partial charge in [-0.25, -0.2) is 0 Å². The summed E-state index contributed by atoms with van der Waals surface area (Å²) >= 11 is 0. The molecule has 0 atom stereocenters. The largest absolute Gasteiger partial charge is 0.549 e. The van der Waals surface area contributed by atoms with Crippen molar-refractivity contribution >= 4 is 8.32 Å². The fraction of sp³-hybridized carbons (Fsp3) is 0.818. The van der Waals surface area contributed by atoms with Crippen LogP contribution in [-0.4, -0.2) is 8.32 Å². The van der Waals surface area contributed by atoms with Gasteiger partial charge in [0.1, 0.15) is 0 Å². The zero-order valence-corrected chi connectivity index (χ0v) is 10.9. The van der Waals surface area contributed by atoms with Gasteiger partial charge in [0.15, 0.2) is 0 Å². The summed E-state index contributed by atoms with van der Waals surface area (Å²) in [7, 11) is -1.65. The van der Waals surface area contributed by atoms with Gasteiger partial charge in [-0.3, -0.25) is 0 Å². The molecule has 78 valence electrons. The number of rotatable bonds is 5. The first-order valence-corrected chi connectivity index (χ1v) is 7.32. The Hall–Kier alpha value is -0.243. The van der Waals surface area contributed by atoms with Crippen LogP contribution in [0.25, 0.3) is 0 Å². The third kappa shape index (κ3) is 2.36. The van der Waals surface area contributed by atoms with E-state index in [2.05, 4.69) is 48.1 Å². The minimum Gasteiger partial charge on any atom is -0.549 e. The molecule has 2 heteroatoms. The Morgan fingerprint density at radius 2 is 1.23 bits per heavy atom. The fourth-order valence-corrected chi connectivity index (χ4v) is 7.66. The molecule has 0 unspecified atom stereocenters. The van der Waals surface area contributed by atoms with Crippen LogP contribution in [0.5, 0.6) is 0 Å². The van der Waals surface area contributed by atoms with Crippen LogP contribution >= 0.6 is 0 Å². The van der Waals surface area contributed by atoms with E-state index in [0.29, 0.717) is 16.6 Å². The Morgan fingerprint density at radius 1 is 0.923 bits per heavy atom. The van der Waals surface area contributed by atoms with Crippen molar-refractivity contribution in [3.8, 4) is 0 Å². The van der Waals surface area contributed by atoms with Gasteiger partial charge in [-0.05, 0) is 16.6 Å². The topological polar surface area (TPSA) is 9.23 Å². The fourth-order valence-electron chi connectivity index (χ4n) is 2.55. The molecule has 1 nitrogen and oxygen atoms in total. The lowest BCUT2D eigenvalue weighted by atomic mass is 10.5. The van der Waals surface area contributed by atoms with E-state index in [0.717, 1.165) is 0 Å². The highest BCUT2D eigenvalue weighted by Gasteiger charge is 2.45. The second kappa shape index (κ2) is 4.84. The second-order valence-corrected chi connectivity index (χ2v) is 10.0. The molecule has 0 aliphatic carbocycles. The summed E-state index contributed by atoms with van der Waals surface area (Å²) in [6, 6.07) is 0. The van der Waals surface area contributed by atoms with Crippen LogP contribution in [0.2, 0.25) is 16.6 Å². The first-order valence-electron chi connectivity index (χ1n) is 5.18. The lowest BCUT2D eigenvalue weighted by Crippen LogP contribution is -2.46. The predicted octanol–water partition coefficient (Wildman–Crippen LogP) is 4.32. The van der Waals surface area contributed by atoms with Crippen molar-refractivity contribution in [3.05, 3.63) is 12.8 Å². The highest BCUT2D eigenvalue weighted by Crippen LogP contribution is 2.42. The van der Waals surface area contributed by atoms with E-state index in [9.17, 15) is 0 Å². The summed E-state index contributed by atoms with van der Waals surface area (Å²) in [5.74, 6) is 0. The monoisotopic (exact) mass is 200 g/mol. The normalized spacial score (nSPS) is 12.7. The van der Waals surface area contributed by atoms with Crippen LogP contribution in [0.4, 0.5) is 0 Å². The average molecular weight is 200 g/mol. The molecule has 0 aromatic heterocycles. The molecule has 0 aromatic rings. The van der Waals surface area contributed by atoms with E-state index in [1.54, 1.807) is 6.26 Å². The van der Waals surface area contributed by atoms with E-state index in [1.165, 1.54) is 0 Å². The first-order chi connectivity index (χ1) is 5.89. The van der Waals surface area contributed by atoms with E-state index >= 15 is 0 Å². The molecule has 0 saturated carbocycles. The Labute approximate surface area is 84.3 Å². The highest BCUT2D eigenvalue weighted by atomic mass is 28.4. The lowest BCUT2D eigenvalue weighted by molar-refractivity contribution is 0.418. The van der Waals surface area contributed by atoms with Crippen molar-refractivity contribution < 1.29 is 4.43 Å². The van der Waals surface area contributed by atoms with Gasteiger partial charge in [0.25, 0.3) is 8.32 Å². The number of hydrogen-bond acceptors (Lipinski definition) is 1. The maximum absolute atomic E-state index is 5.92. The van der Waals surface area contributed by atoms with Crippen LogP contribution in [0.15, 0.2) is 12.8 Å². The zero-order chi connectivity index (χ0) is 10.6. The van der Waals surface area contributed by atoms with Crippen molar-refractivity contribution in [2.75, 3.05) is 0 Å². The van der Waals surface area contributed by atoms with Gasteiger partial charge in [0, 0.05) is 0 Å². The summed E-state index contributed by atoms with van der Waals surface area (Å²) in [6.45, 7) is 17.3. The third-order valence-corrected chi connectivity index (χ3v) is 8.98. The standard InChI is InChI=1S/C11H24OSi/c1-8-12-13(9(2)3,10(4)5)11(6)7/h8-11H,1H2,2-7H3. The minimum atomic E-state index is -1.65. The molecule has 0 aliphatic rings. The minimum absolute atomic E-state index is 0.644. The molecule has 0 saturated heterocycles. The Kier molecular flexibility index (Phi) is 4.75. The average Bonchev–Trinajstić information content (AvgIpc) is 1.97. The predicted molar refractivity (Wildman–Crippen MR) is 62.3 cm³/mol. The van der Waals surface area contributed by atoms with Gasteiger partial charge in [0.2, 0.25) is 0 Å². The molecule has 13 heavy (non-hydrogen) atoms. The molecule has 0 radical (unpaired) electrons. The second-order valence-electron chi connectivity index (χ2n) is 4.60. The van der Waals surface area contributed by atoms with Crippen LogP contribution in [0, 0.1) is 0 Å². The lowest BCUT2D eigenvalue weighted by Gasteiger charge is -2.40. The quantitative estimate of drug-likeness (QED) is 0.474. The molecule has 0 aromatic carbocycles. The molecule has 0 heterocycles. The maximum Gasteiger partial charge on any atom is 0.257 e. The summed E-state index contributed by atoms with van der Waals surface area (Å²) in [4.78, 5) is 0. The van der Waals surface area contributed by atoms with E-state index in [4.69, 9.17) is 4.43 Å². The molecule has 0 rings (SSSR count). The van der Waals surface area contributed by atoms with Gasteiger partial charge in [-0.1, -0.05) is 48.1 Å². The van der Waals surface area contributed by atoms with Gasteiger partial charge in [0.05, 0.1) is 6.26 Å². The van der Waals surface area contributed by atoms with Crippen molar-refractivity contribution in [2.24, 2.45) is 0 Å². The van der Waals surface area contributed by atoms with Gasteiger partial charge in [-0.15, -0.1) is 0 Å². The first kappa shape index (κ1) is 12.8. The van der Waals surface area contributed by atoms with Gasteiger partial charge < -0.3 is 4.43 Å². The van der Waals surface area contributed by atoms with Gasteiger partial charge in [-0.2, -0.15) is 0 Å². The smallest absolute Gasteiger partial charge is 0.257 e. The third-order valence-electron chi connectivity index (χ3n) is 2.99. The molecule has 0 N–H and O–H groups in total. The van der Waals surface area contributed by atoms with Crippen LogP contribution in [0.1, 0.15) is 41.5 Å². The Balaban J connectivity index is 4.92. The van der Waals surface area contributed by atoms with E-state index in [1.807, 2.05) is 0 Å². The van der Waals surface area contributed by atoms with E-state index in [-0.39, 0.29) is 0 Å². The molecule has 0 amide bonds. The Bertz CT molecular complexity index is 140. The maximum atomic E-state index is 5.92. The molecule has 0 bridgehead atoms. The molecular weight excluding hydrogens is 176 g/mol. The van der Waals surface area contributed by atoms with Crippen molar-refractivity contribution in [1.82, 2.24) is 0 Å². The van der Waals surface area contributed by atoms with Gasteiger partial charge >= 0.3 is 0 Å². The highest BCUT2D eigenvalue weighted by molar-refractivity contribution is 6.77. The molecule has 0 fully saturated rings. The molecule has 0 spiro atoms. The van der Waals surface area contributed by atoms with Crippen LogP contribution < -0.4 is 0 Å². The molecule has 0 aliphatic heterocycles. The van der Waals surface area contributed by atoms with Crippen molar-refractivity contribution in [3.63, 3.8) is 0 Å². The number of hydrogen-bond donors (Lipinski definition) is 0. The summed E-state index contributed by atoms with van der Waals surface area (Å²) in [6.07, 6.45) is 1.65. The molecular formula is C11H24OSi. The SMILES string of the molecule is C=CO[Si](C(C)C)(C(C)C)C(C)C. The van der Waals surface area contributed by atoms with Crippen LogP contribution in [-0.2, 0) is 4.43 Å². The van der Waals surface area contributed by atoms with Crippen molar-refractivity contribution in [2.45, 2.75) is 58.2 Å². The Morgan fingerprint density at radius 3 is 1.31 bits per heavy atom. The van der Waals surface area contributed by atoms with Crippen LogP contribution in [0.3, 0.4) is 0 Å². The summed E-state index contributed by atoms with van der Waals surface area (Å²) in [5.41, 5.74) is 1.93. The van der Waals surface area contributed by atoms with E-state index < -0.39 is 8.32 Å². The zero-order valence-electron chi connectivity index (χ0n) is 9.92. The summed E-state index contributed by atoms with van der Waals surface area (Å²) in [5, 5.41) is 0. The summed E-state index contributed by atoms with van der Waals surface area (Å²) < 4.78 is 5.92.